The zero-order chi connectivity index (χ0) is 19.7. The summed E-state index contributed by atoms with van der Waals surface area (Å²) in [7, 11) is 0. The van der Waals surface area contributed by atoms with Crippen LogP contribution >= 0.6 is 0 Å². The fourth-order valence-electron chi connectivity index (χ4n) is 3.29. The van der Waals surface area contributed by atoms with Crippen LogP contribution in [0.1, 0.15) is 23.7 Å². The van der Waals surface area contributed by atoms with Crippen molar-refractivity contribution in [2.24, 2.45) is 0 Å². The standard InChI is InChI=1S/C20H17F2N3O3/c21-14-3-1-2-12(8-14)9-18(26)24-25-19(13-6-7-28-11-13)23-17-10-15(22)4-5-16(17)20(25)27/h1-5,8,10,13H,6-7,9,11H2,(H,24,26). The predicted octanol–water partition coefficient (Wildman–Crippen LogP) is 2.49. The highest BCUT2D eigenvalue weighted by Gasteiger charge is 2.25. The number of carbonyl (C=O) groups is 1. The van der Waals surface area contributed by atoms with Crippen molar-refractivity contribution in [3.8, 4) is 0 Å². The maximum Gasteiger partial charge on any atom is 0.280 e. The largest absolute Gasteiger partial charge is 0.381 e. The fraction of sp³-hybridized carbons (Fsp3) is 0.250. The van der Waals surface area contributed by atoms with Crippen LogP contribution in [-0.4, -0.2) is 28.8 Å². The van der Waals surface area contributed by atoms with E-state index in [1.807, 2.05) is 0 Å². The monoisotopic (exact) mass is 385 g/mol. The zero-order valence-corrected chi connectivity index (χ0v) is 14.8. The van der Waals surface area contributed by atoms with E-state index in [9.17, 15) is 18.4 Å². The second kappa shape index (κ2) is 7.47. The van der Waals surface area contributed by atoms with Gasteiger partial charge in [0.15, 0.2) is 0 Å². The molecule has 1 N–H and O–H groups in total. The van der Waals surface area contributed by atoms with Crippen LogP contribution in [0.25, 0.3) is 10.9 Å². The summed E-state index contributed by atoms with van der Waals surface area (Å²) in [5, 5.41) is 0.190. The van der Waals surface area contributed by atoms with Crippen LogP contribution < -0.4 is 11.0 Å². The van der Waals surface area contributed by atoms with Crippen molar-refractivity contribution in [1.29, 1.82) is 0 Å². The third kappa shape index (κ3) is 3.63. The van der Waals surface area contributed by atoms with Gasteiger partial charge in [0.05, 0.1) is 23.9 Å². The number of halogens is 2. The number of rotatable bonds is 4. The highest BCUT2D eigenvalue weighted by molar-refractivity contribution is 5.86. The molecule has 1 fully saturated rings. The Labute approximate surface area is 158 Å². The first-order chi connectivity index (χ1) is 13.5. The first-order valence-corrected chi connectivity index (χ1v) is 8.85. The number of fused-ring (bicyclic) bond motifs is 1. The van der Waals surface area contributed by atoms with E-state index in [4.69, 9.17) is 4.74 Å². The van der Waals surface area contributed by atoms with Crippen molar-refractivity contribution in [2.75, 3.05) is 18.6 Å². The Hall–Kier alpha value is -3.13. The van der Waals surface area contributed by atoms with Crippen molar-refractivity contribution >= 4 is 16.8 Å². The second-order valence-corrected chi connectivity index (χ2v) is 6.67. The van der Waals surface area contributed by atoms with E-state index in [1.54, 1.807) is 6.07 Å². The van der Waals surface area contributed by atoms with Gasteiger partial charge in [-0.1, -0.05) is 12.1 Å². The number of aromatic nitrogens is 2. The molecule has 3 aromatic rings. The highest BCUT2D eigenvalue weighted by atomic mass is 19.1. The smallest absolute Gasteiger partial charge is 0.280 e. The van der Waals surface area contributed by atoms with Crippen LogP contribution in [0.5, 0.6) is 0 Å². The van der Waals surface area contributed by atoms with Crippen molar-refractivity contribution in [3.05, 3.63) is 75.8 Å². The Morgan fingerprint density at radius 2 is 2.04 bits per heavy atom. The van der Waals surface area contributed by atoms with Gasteiger partial charge in [0.2, 0.25) is 5.91 Å². The number of carbonyl (C=O) groups excluding carboxylic acids is 1. The Kier molecular flexibility index (Phi) is 4.87. The van der Waals surface area contributed by atoms with Crippen LogP contribution in [0.3, 0.4) is 0 Å². The molecule has 0 aliphatic carbocycles. The molecule has 1 unspecified atom stereocenters. The second-order valence-electron chi connectivity index (χ2n) is 6.67. The molecule has 2 aromatic carbocycles. The van der Waals surface area contributed by atoms with Crippen LogP contribution in [0.4, 0.5) is 8.78 Å². The SMILES string of the molecule is O=C(Cc1cccc(F)c1)Nn1c(C2CCOC2)nc2cc(F)ccc2c1=O. The molecule has 1 aliphatic rings. The Morgan fingerprint density at radius 1 is 1.21 bits per heavy atom. The van der Waals surface area contributed by atoms with Gasteiger partial charge in [-0.3, -0.25) is 15.0 Å². The van der Waals surface area contributed by atoms with E-state index in [0.717, 1.165) is 4.68 Å². The summed E-state index contributed by atoms with van der Waals surface area (Å²) in [6.45, 7) is 0.867. The van der Waals surface area contributed by atoms with Crippen LogP contribution in [0.15, 0.2) is 47.3 Å². The van der Waals surface area contributed by atoms with E-state index in [1.165, 1.54) is 36.4 Å². The molecule has 1 atom stereocenters. The lowest BCUT2D eigenvalue weighted by Gasteiger charge is -2.17. The summed E-state index contributed by atoms with van der Waals surface area (Å²) >= 11 is 0. The molecule has 4 rings (SSSR count). The molecule has 6 nitrogen and oxygen atoms in total. The number of hydrogen-bond donors (Lipinski definition) is 1. The molecule has 0 saturated carbocycles. The number of benzene rings is 2. The summed E-state index contributed by atoms with van der Waals surface area (Å²) in [5.74, 6) is -1.32. The Balaban J connectivity index is 1.72. The molecule has 1 saturated heterocycles. The summed E-state index contributed by atoms with van der Waals surface area (Å²) in [4.78, 5) is 29.9. The van der Waals surface area contributed by atoms with E-state index < -0.39 is 23.1 Å². The molecule has 8 heteroatoms. The lowest BCUT2D eigenvalue weighted by molar-refractivity contribution is -0.116. The third-order valence-electron chi connectivity index (χ3n) is 4.64. The van der Waals surface area contributed by atoms with Gasteiger partial charge < -0.3 is 4.74 Å². The molecule has 2 heterocycles. The Morgan fingerprint density at radius 3 is 2.79 bits per heavy atom. The van der Waals surface area contributed by atoms with E-state index in [2.05, 4.69) is 10.4 Å². The minimum Gasteiger partial charge on any atom is -0.381 e. The number of ether oxygens (including phenoxy) is 1. The zero-order valence-electron chi connectivity index (χ0n) is 14.8. The maximum atomic E-state index is 13.6. The van der Waals surface area contributed by atoms with Gasteiger partial charge in [0, 0.05) is 18.6 Å². The van der Waals surface area contributed by atoms with E-state index in [-0.39, 0.29) is 23.2 Å². The fourth-order valence-corrected chi connectivity index (χ4v) is 3.29. The summed E-state index contributed by atoms with van der Waals surface area (Å²) in [6, 6.07) is 9.38. The van der Waals surface area contributed by atoms with Crippen molar-refractivity contribution in [1.82, 2.24) is 9.66 Å². The lowest BCUT2D eigenvalue weighted by atomic mass is 10.1. The van der Waals surface area contributed by atoms with Crippen molar-refractivity contribution in [2.45, 2.75) is 18.8 Å². The van der Waals surface area contributed by atoms with Crippen LogP contribution in [-0.2, 0) is 16.0 Å². The molecule has 144 valence electrons. The average Bonchev–Trinajstić information content (AvgIpc) is 3.18. The Bertz CT molecular complexity index is 1110. The molecule has 0 bridgehead atoms. The first-order valence-electron chi connectivity index (χ1n) is 8.85. The minimum atomic E-state index is -0.500. The number of amides is 1. The van der Waals surface area contributed by atoms with Gasteiger partial charge in [-0.15, -0.1) is 0 Å². The van der Waals surface area contributed by atoms with Crippen LogP contribution in [0, 0.1) is 11.6 Å². The molecule has 28 heavy (non-hydrogen) atoms. The van der Waals surface area contributed by atoms with E-state index >= 15 is 0 Å². The molecule has 0 radical (unpaired) electrons. The third-order valence-corrected chi connectivity index (χ3v) is 4.64. The molecule has 1 aliphatic heterocycles. The molecule has 1 amide bonds. The van der Waals surface area contributed by atoms with Crippen molar-refractivity contribution in [3.63, 3.8) is 0 Å². The lowest BCUT2D eigenvalue weighted by Crippen LogP contribution is -2.38. The maximum absolute atomic E-state index is 13.6. The molecule has 1 aromatic heterocycles. The van der Waals surface area contributed by atoms with Gasteiger partial charge in [-0.05, 0) is 36.2 Å². The van der Waals surface area contributed by atoms with E-state index in [0.29, 0.717) is 31.0 Å². The predicted molar refractivity (Wildman–Crippen MR) is 98.6 cm³/mol. The van der Waals surface area contributed by atoms with Gasteiger partial charge in [0.25, 0.3) is 5.56 Å². The van der Waals surface area contributed by atoms with Gasteiger partial charge >= 0.3 is 0 Å². The average molecular weight is 385 g/mol. The van der Waals surface area contributed by atoms with Crippen molar-refractivity contribution < 1.29 is 18.3 Å². The number of nitrogens with zero attached hydrogens (tertiary/aromatic N) is 2. The normalized spacial score (nSPS) is 16.4. The number of nitrogens with one attached hydrogen (secondary N) is 1. The molecular formula is C20H17F2N3O3. The quantitative estimate of drug-likeness (QED) is 0.749. The highest BCUT2D eigenvalue weighted by Crippen LogP contribution is 2.24. The van der Waals surface area contributed by atoms with Gasteiger partial charge in [-0.25, -0.2) is 18.4 Å². The summed E-state index contributed by atoms with van der Waals surface area (Å²) in [6.07, 6.45) is 0.527. The summed E-state index contributed by atoms with van der Waals surface area (Å²) < 4.78 is 33.4. The van der Waals surface area contributed by atoms with Gasteiger partial charge in [0.1, 0.15) is 17.5 Å². The van der Waals surface area contributed by atoms with Crippen LogP contribution in [0.2, 0.25) is 0 Å². The molecule has 0 spiro atoms. The first kappa shape index (κ1) is 18.2. The summed E-state index contributed by atoms with van der Waals surface area (Å²) in [5.41, 5.74) is 2.76. The molecular weight excluding hydrogens is 368 g/mol. The number of hydrogen-bond acceptors (Lipinski definition) is 4. The van der Waals surface area contributed by atoms with Gasteiger partial charge in [-0.2, -0.15) is 0 Å². The minimum absolute atomic E-state index is 0.105. The topological polar surface area (TPSA) is 73.2 Å².